The van der Waals surface area contributed by atoms with Crippen molar-refractivity contribution in [3.63, 3.8) is 0 Å². The van der Waals surface area contributed by atoms with Crippen LogP contribution in [0.25, 0.3) is 0 Å². The summed E-state index contributed by atoms with van der Waals surface area (Å²) in [5, 5.41) is 9.60. The average molecular weight is 252 g/mol. The first kappa shape index (κ1) is 15.8. The van der Waals surface area contributed by atoms with Crippen molar-refractivity contribution in [2.75, 3.05) is 19.4 Å². The highest BCUT2D eigenvalue weighted by Crippen LogP contribution is 2.48. The van der Waals surface area contributed by atoms with Gasteiger partial charge in [0, 0.05) is 6.42 Å². The fraction of sp³-hybridized carbons (Fsp3) is 0.900. The van der Waals surface area contributed by atoms with Gasteiger partial charge in [-0.25, -0.2) is 0 Å². The Morgan fingerprint density at radius 2 is 1.81 bits per heavy atom. The summed E-state index contributed by atoms with van der Waals surface area (Å²) >= 11 is 0. The van der Waals surface area contributed by atoms with Gasteiger partial charge < -0.3 is 18.9 Å². The third-order valence-electron chi connectivity index (χ3n) is 1.92. The van der Waals surface area contributed by atoms with E-state index in [9.17, 15) is 14.5 Å². The molecule has 1 N–H and O–H groups in total. The Balaban J connectivity index is 4.17. The maximum atomic E-state index is 12.0. The molecular weight excluding hydrogens is 231 g/mol. The van der Waals surface area contributed by atoms with E-state index in [1.54, 1.807) is 13.8 Å². The summed E-state index contributed by atoms with van der Waals surface area (Å²) in [6, 6.07) is 0. The van der Waals surface area contributed by atoms with Crippen molar-refractivity contribution in [2.45, 2.75) is 39.7 Å². The van der Waals surface area contributed by atoms with Crippen molar-refractivity contribution < 1.29 is 23.5 Å². The summed E-state index contributed by atoms with van der Waals surface area (Å²) in [5.74, 6) is 0.00158. The van der Waals surface area contributed by atoms with Crippen LogP contribution in [0.2, 0.25) is 0 Å². The molecule has 0 aromatic carbocycles. The molecule has 0 fully saturated rings. The molecule has 0 aromatic rings. The van der Waals surface area contributed by atoms with Gasteiger partial charge in [0.1, 0.15) is 5.78 Å². The van der Waals surface area contributed by atoms with E-state index in [4.69, 9.17) is 9.05 Å². The number of carbonyl (C=O) groups is 1. The summed E-state index contributed by atoms with van der Waals surface area (Å²) in [7, 11) is -3.20. The number of hydrogen-bond donors (Lipinski definition) is 1. The zero-order valence-corrected chi connectivity index (χ0v) is 11.0. The SMILES string of the molecule is CCOP(=O)(CC(O)CCC(C)=O)OCC. The molecule has 0 saturated carbocycles. The van der Waals surface area contributed by atoms with Gasteiger partial charge in [-0.3, -0.25) is 4.57 Å². The van der Waals surface area contributed by atoms with Crippen LogP contribution in [0.4, 0.5) is 0 Å². The van der Waals surface area contributed by atoms with Gasteiger partial charge in [-0.05, 0) is 27.2 Å². The minimum absolute atomic E-state index is 0.00158. The number of aliphatic hydroxyl groups excluding tert-OH is 1. The first-order valence-electron chi connectivity index (χ1n) is 5.49. The molecule has 5 nitrogen and oxygen atoms in total. The third kappa shape index (κ3) is 7.12. The molecular formula is C10H21O5P. The summed E-state index contributed by atoms with van der Waals surface area (Å²) in [6.07, 6.45) is -0.311. The summed E-state index contributed by atoms with van der Waals surface area (Å²) in [5.41, 5.74) is 0. The van der Waals surface area contributed by atoms with Gasteiger partial charge in [0.2, 0.25) is 0 Å². The molecule has 1 atom stereocenters. The van der Waals surface area contributed by atoms with Crippen LogP contribution in [0.3, 0.4) is 0 Å². The van der Waals surface area contributed by atoms with E-state index >= 15 is 0 Å². The van der Waals surface area contributed by atoms with Crippen LogP contribution in [0, 0.1) is 0 Å². The number of rotatable bonds is 9. The van der Waals surface area contributed by atoms with Gasteiger partial charge in [-0.2, -0.15) is 0 Å². The van der Waals surface area contributed by atoms with Crippen LogP contribution in [-0.4, -0.2) is 36.4 Å². The smallest absolute Gasteiger partial charge is 0.333 e. The highest BCUT2D eigenvalue weighted by molar-refractivity contribution is 7.53. The minimum Gasteiger partial charge on any atom is -0.392 e. The Morgan fingerprint density at radius 3 is 2.19 bits per heavy atom. The lowest BCUT2D eigenvalue weighted by Crippen LogP contribution is -2.16. The fourth-order valence-corrected chi connectivity index (χ4v) is 3.03. The van der Waals surface area contributed by atoms with Crippen LogP contribution in [-0.2, 0) is 18.4 Å². The van der Waals surface area contributed by atoms with E-state index in [0.29, 0.717) is 6.42 Å². The summed E-state index contributed by atoms with van der Waals surface area (Å²) in [6.45, 7) is 5.44. The van der Waals surface area contributed by atoms with E-state index in [0.717, 1.165) is 0 Å². The van der Waals surface area contributed by atoms with Crippen molar-refractivity contribution >= 4 is 13.4 Å². The lowest BCUT2D eigenvalue weighted by molar-refractivity contribution is -0.117. The second-order valence-corrected chi connectivity index (χ2v) is 5.63. The molecule has 0 rings (SSSR count). The molecule has 0 amide bonds. The Morgan fingerprint density at radius 1 is 1.31 bits per heavy atom. The van der Waals surface area contributed by atoms with E-state index in [2.05, 4.69) is 0 Å². The van der Waals surface area contributed by atoms with Gasteiger partial charge >= 0.3 is 7.60 Å². The van der Waals surface area contributed by atoms with E-state index < -0.39 is 13.7 Å². The molecule has 0 saturated heterocycles. The molecule has 0 heterocycles. The van der Waals surface area contributed by atoms with Crippen molar-refractivity contribution in [2.24, 2.45) is 0 Å². The second-order valence-electron chi connectivity index (χ2n) is 3.52. The zero-order valence-electron chi connectivity index (χ0n) is 10.1. The predicted octanol–water partition coefficient (Wildman–Crippen LogP) is 1.98. The predicted molar refractivity (Wildman–Crippen MR) is 61.6 cm³/mol. The number of carbonyl (C=O) groups excluding carboxylic acids is 1. The van der Waals surface area contributed by atoms with E-state index in [1.807, 2.05) is 0 Å². The van der Waals surface area contributed by atoms with Crippen molar-refractivity contribution in [1.29, 1.82) is 0 Å². The molecule has 0 aliphatic heterocycles. The number of aliphatic hydroxyl groups is 1. The second kappa shape index (κ2) is 7.96. The molecule has 0 radical (unpaired) electrons. The first-order chi connectivity index (χ1) is 7.43. The standard InChI is InChI=1S/C10H21O5P/c1-4-14-16(13,15-5-2)8-10(12)7-6-9(3)11/h10,12H,4-8H2,1-3H3. The number of ketones is 1. The third-order valence-corrected chi connectivity index (χ3v) is 4.09. The van der Waals surface area contributed by atoms with Crippen LogP contribution in [0.5, 0.6) is 0 Å². The molecule has 16 heavy (non-hydrogen) atoms. The van der Waals surface area contributed by atoms with E-state index in [-0.39, 0.29) is 31.6 Å². The molecule has 0 aliphatic rings. The Labute approximate surface area is 96.7 Å². The highest BCUT2D eigenvalue weighted by atomic mass is 31.2. The number of Topliss-reactive ketones (excluding diaryl/α,β-unsaturated/α-hetero) is 1. The van der Waals surface area contributed by atoms with Crippen molar-refractivity contribution in [1.82, 2.24) is 0 Å². The molecule has 0 aromatic heterocycles. The molecule has 6 heteroatoms. The van der Waals surface area contributed by atoms with Crippen LogP contribution < -0.4 is 0 Å². The van der Waals surface area contributed by atoms with Crippen molar-refractivity contribution in [3.8, 4) is 0 Å². The lowest BCUT2D eigenvalue weighted by atomic mass is 10.2. The molecule has 0 aliphatic carbocycles. The van der Waals surface area contributed by atoms with Gasteiger partial charge in [-0.1, -0.05) is 0 Å². The average Bonchev–Trinajstić information content (AvgIpc) is 2.15. The number of hydrogen-bond acceptors (Lipinski definition) is 5. The largest absolute Gasteiger partial charge is 0.392 e. The molecule has 1 unspecified atom stereocenters. The van der Waals surface area contributed by atoms with Gasteiger partial charge in [-0.15, -0.1) is 0 Å². The fourth-order valence-electron chi connectivity index (χ4n) is 1.26. The first-order valence-corrected chi connectivity index (χ1v) is 7.22. The normalized spacial score (nSPS) is 13.8. The maximum Gasteiger partial charge on any atom is 0.333 e. The van der Waals surface area contributed by atoms with Crippen molar-refractivity contribution in [3.05, 3.63) is 0 Å². The highest BCUT2D eigenvalue weighted by Gasteiger charge is 2.27. The molecule has 0 spiro atoms. The Bertz CT molecular complexity index is 244. The summed E-state index contributed by atoms with van der Waals surface area (Å²) < 4.78 is 22.1. The van der Waals surface area contributed by atoms with Crippen LogP contribution >= 0.6 is 7.60 Å². The zero-order chi connectivity index (χ0) is 12.6. The summed E-state index contributed by atoms with van der Waals surface area (Å²) in [4.78, 5) is 10.7. The maximum absolute atomic E-state index is 12.0. The van der Waals surface area contributed by atoms with Crippen LogP contribution in [0.15, 0.2) is 0 Å². The van der Waals surface area contributed by atoms with Crippen LogP contribution in [0.1, 0.15) is 33.6 Å². The molecule has 96 valence electrons. The topological polar surface area (TPSA) is 72.8 Å². The Kier molecular flexibility index (Phi) is 7.85. The minimum atomic E-state index is -3.20. The lowest BCUT2D eigenvalue weighted by Gasteiger charge is -2.19. The molecule has 0 bridgehead atoms. The van der Waals surface area contributed by atoms with E-state index in [1.165, 1.54) is 6.92 Å². The van der Waals surface area contributed by atoms with Gasteiger partial charge in [0.05, 0.1) is 25.5 Å². The quantitative estimate of drug-likeness (QED) is 0.635. The monoisotopic (exact) mass is 252 g/mol. The van der Waals surface area contributed by atoms with Gasteiger partial charge in [0.15, 0.2) is 0 Å². The van der Waals surface area contributed by atoms with Gasteiger partial charge in [0.25, 0.3) is 0 Å². The Hall–Kier alpha value is -0.220.